The zero-order valence-corrected chi connectivity index (χ0v) is 9.09. The molecule has 1 fully saturated rings. The van der Waals surface area contributed by atoms with Gasteiger partial charge in [-0.25, -0.2) is 0 Å². The van der Waals surface area contributed by atoms with E-state index in [1.165, 1.54) is 25.0 Å². The summed E-state index contributed by atoms with van der Waals surface area (Å²) in [6.07, 6.45) is 4.73. The third-order valence-corrected chi connectivity index (χ3v) is 2.91. The number of hydrogen-bond acceptors (Lipinski definition) is 2. The zero-order valence-electron chi connectivity index (χ0n) is 9.09. The van der Waals surface area contributed by atoms with Crippen LogP contribution in [0.4, 0.5) is 0 Å². The molecule has 0 spiro atoms. The van der Waals surface area contributed by atoms with E-state index in [-0.39, 0.29) is 0 Å². The van der Waals surface area contributed by atoms with Gasteiger partial charge in [0.15, 0.2) is 0 Å². The Labute approximate surface area is 81.8 Å². The van der Waals surface area contributed by atoms with E-state index in [9.17, 15) is 0 Å². The van der Waals surface area contributed by atoms with Gasteiger partial charge >= 0.3 is 0 Å². The van der Waals surface area contributed by atoms with Crippen molar-refractivity contribution in [3.05, 3.63) is 11.6 Å². The van der Waals surface area contributed by atoms with Crippen LogP contribution in [0.25, 0.3) is 0 Å². The second kappa shape index (κ2) is 4.77. The highest BCUT2D eigenvalue weighted by atomic mass is 15.2. The van der Waals surface area contributed by atoms with Crippen LogP contribution in [0.5, 0.6) is 0 Å². The molecule has 0 aromatic rings. The quantitative estimate of drug-likeness (QED) is 0.659. The molecule has 2 heteroatoms. The Morgan fingerprint density at radius 2 is 2.23 bits per heavy atom. The summed E-state index contributed by atoms with van der Waals surface area (Å²) >= 11 is 0. The summed E-state index contributed by atoms with van der Waals surface area (Å²) in [4.78, 5) is 2.47. The molecule has 1 rings (SSSR count). The molecule has 0 aromatic carbocycles. The Kier molecular flexibility index (Phi) is 3.94. The van der Waals surface area contributed by atoms with E-state index in [0.717, 1.165) is 6.54 Å². The van der Waals surface area contributed by atoms with Crippen molar-refractivity contribution in [2.45, 2.75) is 45.7 Å². The summed E-state index contributed by atoms with van der Waals surface area (Å²) in [5.74, 6) is 0. The van der Waals surface area contributed by atoms with E-state index in [1.807, 2.05) is 0 Å². The van der Waals surface area contributed by atoms with Crippen LogP contribution in [-0.4, -0.2) is 30.1 Å². The van der Waals surface area contributed by atoms with Crippen molar-refractivity contribution in [3.8, 4) is 0 Å². The lowest BCUT2D eigenvalue weighted by Gasteiger charge is -2.37. The Hall–Kier alpha value is -0.340. The molecule has 1 saturated heterocycles. The van der Waals surface area contributed by atoms with Gasteiger partial charge in [-0.05, 0) is 40.2 Å². The average Bonchev–Trinajstić information content (AvgIpc) is 2.07. The SMILES string of the molecule is CC(C)=CCN1CCCC(N)C1C. The molecule has 2 unspecified atom stereocenters. The van der Waals surface area contributed by atoms with Gasteiger partial charge in [-0.3, -0.25) is 4.90 Å². The molecule has 0 radical (unpaired) electrons. The fraction of sp³-hybridized carbons (Fsp3) is 0.818. The van der Waals surface area contributed by atoms with Crippen LogP contribution in [0.2, 0.25) is 0 Å². The Balaban J connectivity index is 2.44. The normalized spacial score (nSPS) is 30.2. The smallest absolute Gasteiger partial charge is 0.0222 e. The van der Waals surface area contributed by atoms with Crippen LogP contribution in [0.15, 0.2) is 11.6 Å². The highest BCUT2D eigenvalue weighted by Crippen LogP contribution is 2.15. The van der Waals surface area contributed by atoms with Crippen LogP contribution in [0.3, 0.4) is 0 Å². The van der Waals surface area contributed by atoms with Crippen LogP contribution < -0.4 is 5.73 Å². The van der Waals surface area contributed by atoms with E-state index in [4.69, 9.17) is 5.73 Å². The molecule has 1 heterocycles. The standard InChI is InChI=1S/C11H22N2/c1-9(2)6-8-13-7-4-5-11(12)10(13)3/h6,10-11H,4-5,7-8,12H2,1-3H3. The third-order valence-electron chi connectivity index (χ3n) is 2.91. The Morgan fingerprint density at radius 3 is 2.85 bits per heavy atom. The average molecular weight is 182 g/mol. The second-order valence-electron chi connectivity index (χ2n) is 4.32. The number of likely N-dealkylation sites (tertiary alicyclic amines) is 1. The summed E-state index contributed by atoms with van der Waals surface area (Å²) in [5.41, 5.74) is 7.41. The topological polar surface area (TPSA) is 29.3 Å². The lowest BCUT2D eigenvalue weighted by molar-refractivity contribution is 0.156. The fourth-order valence-corrected chi connectivity index (χ4v) is 1.80. The van der Waals surface area contributed by atoms with E-state index in [0.29, 0.717) is 12.1 Å². The molecule has 2 N–H and O–H groups in total. The number of allylic oxidation sites excluding steroid dienone is 1. The Bertz CT molecular complexity index is 183. The van der Waals surface area contributed by atoms with Gasteiger partial charge < -0.3 is 5.73 Å². The maximum Gasteiger partial charge on any atom is 0.0222 e. The van der Waals surface area contributed by atoms with E-state index >= 15 is 0 Å². The Morgan fingerprint density at radius 1 is 1.54 bits per heavy atom. The number of hydrogen-bond donors (Lipinski definition) is 1. The molecule has 2 atom stereocenters. The number of nitrogens with zero attached hydrogens (tertiary/aromatic N) is 1. The van der Waals surface area contributed by atoms with Gasteiger partial charge in [0.25, 0.3) is 0 Å². The summed E-state index contributed by atoms with van der Waals surface area (Å²) in [6, 6.07) is 0.920. The number of piperidine rings is 1. The van der Waals surface area contributed by atoms with Gasteiger partial charge in [-0.15, -0.1) is 0 Å². The summed E-state index contributed by atoms with van der Waals surface area (Å²) < 4.78 is 0. The van der Waals surface area contributed by atoms with Gasteiger partial charge in [0.2, 0.25) is 0 Å². The van der Waals surface area contributed by atoms with Crippen molar-refractivity contribution < 1.29 is 0 Å². The minimum absolute atomic E-state index is 0.374. The monoisotopic (exact) mass is 182 g/mol. The minimum atomic E-state index is 0.374. The molecule has 0 saturated carbocycles. The van der Waals surface area contributed by atoms with Crippen molar-refractivity contribution in [1.29, 1.82) is 0 Å². The lowest BCUT2D eigenvalue weighted by atomic mass is 9.98. The van der Waals surface area contributed by atoms with Gasteiger partial charge in [-0.1, -0.05) is 11.6 Å². The van der Waals surface area contributed by atoms with Crippen LogP contribution in [0.1, 0.15) is 33.6 Å². The molecule has 1 aliphatic heterocycles. The second-order valence-corrected chi connectivity index (χ2v) is 4.32. The predicted molar refractivity (Wildman–Crippen MR) is 57.7 cm³/mol. The van der Waals surface area contributed by atoms with E-state index < -0.39 is 0 Å². The van der Waals surface area contributed by atoms with Crippen LogP contribution >= 0.6 is 0 Å². The summed E-state index contributed by atoms with van der Waals surface area (Å²) in [6.45, 7) is 8.81. The molecule has 13 heavy (non-hydrogen) atoms. The maximum absolute atomic E-state index is 6.01. The first-order valence-corrected chi connectivity index (χ1v) is 5.24. The van der Waals surface area contributed by atoms with Crippen LogP contribution in [-0.2, 0) is 0 Å². The zero-order chi connectivity index (χ0) is 9.84. The molecular formula is C11H22N2. The molecule has 2 nitrogen and oxygen atoms in total. The first-order valence-electron chi connectivity index (χ1n) is 5.24. The highest BCUT2D eigenvalue weighted by Gasteiger charge is 2.23. The van der Waals surface area contributed by atoms with Gasteiger partial charge in [0, 0.05) is 18.6 Å². The number of rotatable bonds is 2. The van der Waals surface area contributed by atoms with E-state index in [2.05, 4.69) is 31.7 Å². The number of nitrogens with two attached hydrogens (primary N) is 1. The lowest BCUT2D eigenvalue weighted by Crippen LogP contribution is -2.50. The third kappa shape index (κ3) is 3.12. The fourth-order valence-electron chi connectivity index (χ4n) is 1.80. The van der Waals surface area contributed by atoms with Crippen molar-refractivity contribution in [2.75, 3.05) is 13.1 Å². The van der Waals surface area contributed by atoms with Crippen molar-refractivity contribution >= 4 is 0 Å². The molecular weight excluding hydrogens is 160 g/mol. The summed E-state index contributed by atoms with van der Waals surface area (Å²) in [5, 5.41) is 0. The first-order chi connectivity index (χ1) is 6.11. The molecule has 76 valence electrons. The largest absolute Gasteiger partial charge is 0.326 e. The van der Waals surface area contributed by atoms with Crippen molar-refractivity contribution in [2.24, 2.45) is 5.73 Å². The molecule has 0 bridgehead atoms. The van der Waals surface area contributed by atoms with Gasteiger partial charge in [0.05, 0.1) is 0 Å². The predicted octanol–water partition coefficient (Wildman–Crippen LogP) is 1.76. The highest BCUT2D eigenvalue weighted by molar-refractivity contribution is 4.97. The molecule has 0 amide bonds. The van der Waals surface area contributed by atoms with E-state index in [1.54, 1.807) is 0 Å². The van der Waals surface area contributed by atoms with Gasteiger partial charge in [0.1, 0.15) is 0 Å². The minimum Gasteiger partial charge on any atom is -0.326 e. The van der Waals surface area contributed by atoms with Crippen molar-refractivity contribution in [1.82, 2.24) is 4.90 Å². The maximum atomic E-state index is 6.01. The van der Waals surface area contributed by atoms with Gasteiger partial charge in [-0.2, -0.15) is 0 Å². The van der Waals surface area contributed by atoms with Crippen molar-refractivity contribution in [3.63, 3.8) is 0 Å². The molecule has 0 aliphatic carbocycles. The first kappa shape index (κ1) is 10.7. The summed E-state index contributed by atoms with van der Waals surface area (Å²) in [7, 11) is 0. The van der Waals surface area contributed by atoms with Crippen LogP contribution in [0, 0.1) is 0 Å². The molecule has 0 aromatic heterocycles. The molecule has 1 aliphatic rings.